The van der Waals surface area contributed by atoms with Gasteiger partial charge in [0, 0.05) is 19.1 Å². The summed E-state index contributed by atoms with van der Waals surface area (Å²) in [5.41, 5.74) is 5.64. The molecular weight excluding hydrogens is 220 g/mol. The number of hydrogen-bond donors (Lipinski definition) is 2. The Morgan fingerprint density at radius 3 is 3.06 bits per heavy atom. The summed E-state index contributed by atoms with van der Waals surface area (Å²) < 4.78 is 5.11. The molecule has 1 saturated heterocycles. The van der Waals surface area contributed by atoms with Crippen molar-refractivity contribution >= 4 is 5.82 Å². The van der Waals surface area contributed by atoms with Crippen LogP contribution in [0.2, 0.25) is 0 Å². The molecule has 0 spiro atoms. The lowest BCUT2D eigenvalue weighted by atomic mass is 10.0. The van der Waals surface area contributed by atoms with Gasteiger partial charge in [-0.05, 0) is 19.3 Å². The molecule has 0 bridgehead atoms. The highest BCUT2D eigenvalue weighted by molar-refractivity contribution is 5.51. The first-order valence-corrected chi connectivity index (χ1v) is 5.75. The van der Waals surface area contributed by atoms with Gasteiger partial charge in [0.05, 0.1) is 13.4 Å². The second-order valence-electron chi connectivity index (χ2n) is 4.44. The maximum absolute atomic E-state index is 11.6. The Bertz CT molecular complexity index is 443. The number of hydrogen-bond acceptors (Lipinski definition) is 5. The fourth-order valence-corrected chi connectivity index (χ4v) is 2.20. The van der Waals surface area contributed by atoms with E-state index in [1.807, 2.05) is 6.92 Å². The zero-order valence-electron chi connectivity index (χ0n) is 10.1. The zero-order chi connectivity index (χ0) is 12.4. The van der Waals surface area contributed by atoms with E-state index in [0.29, 0.717) is 11.7 Å². The van der Waals surface area contributed by atoms with Crippen molar-refractivity contribution in [2.45, 2.75) is 19.4 Å². The van der Waals surface area contributed by atoms with Crippen molar-refractivity contribution < 1.29 is 4.74 Å². The molecule has 2 heterocycles. The minimum absolute atomic E-state index is 0.160. The van der Waals surface area contributed by atoms with Gasteiger partial charge in [-0.15, -0.1) is 0 Å². The molecule has 0 aliphatic carbocycles. The first kappa shape index (κ1) is 11.9. The van der Waals surface area contributed by atoms with Gasteiger partial charge in [0.1, 0.15) is 0 Å². The largest absolute Gasteiger partial charge is 0.489 e. The van der Waals surface area contributed by atoms with Crippen LogP contribution in [0.5, 0.6) is 5.75 Å². The maximum Gasteiger partial charge on any atom is 0.295 e. The van der Waals surface area contributed by atoms with E-state index in [2.05, 4.69) is 14.9 Å². The van der Waals surface area contributed by atoms with Crippen LogP contribution in [0, 0.1) is 5.92 Å². The van der Waals surface area contributed by atoms with Crippen molar-refractivity contribution in [3.8, 4) is 5.75 Å². The first-order chi connectivity index (χ1) is 8.13. The Labute approximate surface area is 99.8 Å². The molecule has 1 aliphatic heterocycles. The standard InChI is InChI=1S/C11H18N4O2/c1-7(12)8-3-4-15(5-8)10-9(17-2)11(16)14-6-13-10/h6-8H,3-5,12H2,1-2H3,(H,13,14,16). The Balaban J connectivity index is 2.24. The minimum atomic E-state index is -0.248. The normalized spacial score (nSPS) is 21.6. The number of nitrogens with one attached hydrogen (secondary N) is 1. The predicted molar refractivity (Wildman–Crippen MR) is 65.4 cm³/mol. The van der Waals surface area contributed by atoms with Gasteiger partial charge in [-0.1, -0.05) is 0 Å². The molecule has 3 N–H and O–H groups in total. The summed E-state index contributed by atoms with van der Waals surface area (Å²) in [5.74, 6) is 1.33. The number of aromatic amines is 1. The van der Waals surface area contributed by atoms with Gasteiger partial charge in [0.2, 0.25) is 5.75 Å². The number of nitrogens with zero attached hydrogens (tertiary/aromatic N) is 2. The number of methoxy groups -OCH3 is 1. The molecule has 1 aliphatic rings. The van der Waals surface area contributed by atoms with Crippen molar-refractivity contribution in [2.24, 2.45) is 11.7 Å². The smallest absolute Gasteiger partial charge is 0.295 e. The van der Waals surface area contributed by atoms with Crippen LogP contribution in [-0.4, -0.2) is 36.2 Å². The topological polar surface area (TPSA) is 84.2 Å². The first-order valence-electron chi connectivity index (χ1n) is 5.75. The molecule has 6 heteroatoms. The number of anilines is 1. The lowest BCUT2D eigenvalue weighted by molar-refractivity contribution is 0.405. The van der Waals surface area contributed by atoms with E-state index < -0.39 is 0 Å². The van der Waals surface area contributed by atoms with Crippen molar-refractivity contribution in [1.82, 2.24) is 9.97 Å². The van der Waals surface area contributed by atoms with Crippen LogP contribution in [0.1, 0.15) is 13.3 Å². The van der Waals surface area contributed by atoms with Crippen molar-refractivity contribution in [2.75, 3.05) is 25.1 Å². The van der Waals surface area contributed by atoms with Crippen LogP contribution in [0.15, 0.2) is 11.1 Å². The van der Waals surface area contributed by atoms with Crippen LogP contribution in [0.4, 0.5) is 5.82 Å². The highest BCUT2D eigenvalue weighted by atomic mass is 16.5. The summed E-state index contributed by atoms with van der Waals surface area (Å²) >= 11 is 0. The molecule has 0 radical (unpaired) electrons. The van der Waals surface area contributed by atoms with E-state index in [-0.39, 0.29) is 17.4 Å². The molecule has 2 rings (SSSR count). The van der Waals surface area contributed by atoms with E-state index in [1.54, 1.807) is 0 Å². The Kier molecular flexibility index (Phi) is 3.33. The van der Waals surface area contributed by atoms with Crippen molar-refractivity contribution in [1.29, 1.82) is 0 Å². The van der Waals surface area contributed by atoms with Crippen molar-refractivity contribution in [3.05, 3.63) is 16.7 Å². The number of rotatable bonds is 3. The monoisotopic (exact) mass is 238 g/mol. The highest BCUT2D eigenvalue weighted by Gasteiger charge is 2.28. The summed E-state index contributed by atoms with van der Waals surface area (Å²) in [6.07, 6.45) is 2.43. The van der Waals surface area contributed by atoms with Gasteiger partial charge in [-0.2, -0.15) is 0 Å². The van der Waals surface area contributed by atoms with E-state index in [1.165, 1.54) is 13.4 Å². The van der Waals surface area contributed by atoms with Gasteiger partial charge in [0.15, 0.2) is 5.82 Å². The minimum Gasteiger partial charge on any atom is -0.489 e. The Morgan fingerprint density at radius 2 is 2.47 bits per heavy atom. The van der Waals surface area contributed by atoms with Gasteiger partial charge < -0.3 is 20.4 Å². The van der Waals surface area contributed by atoms with E-state index >= 15 is 0 Å². The lowest BCUT2D eigenvalue weighted by Crippen LogP contribution is -2.30. The summed E-state index contributed by atoms with van der Waals surface area (Å²) in [5, 5.41) is 0. The van der Waals surface area contributed by atoms with E-state index in [0.717, 1.165) is 19.5 Å². The molecule has 17 heavy (non-hydrogen) atoms. The van der Waals surface area contributed by atoms with Gasteiger partial charge >= 0.3 is 0 Å². The molecule has 1 fully saturated rings. The number of H-pyrrole nitrogens is 1. The average Bonchev–Trinajstić information content (AvgIpc) is 2.77. The van der Waals surface area contributed by atoms with Crippen LogP contribution in [0.3, 0.4) is 0 Å². The third-order valence-corrected chi connectivity index (χ3v) is 3.26. The Hall–Kier alpha value is -1.56. The second kappa shape index (κ2) is 4.75. The molecule has 6 nitrogen and oxygen atoms in total. The van der Waals surface area contributed by atoms with E-state index in [4.69, 9.17) is 10.5 Å². The maximum atomic E-state index is 11.6. The van der Waals surface area contributed by atoms with Crippen LogP contribution >= 0.6 is 0 Å². The molecule has 1 aromatic rings. The second-order valence-corrected chi connectivity index (χ2v) is 4.44. The van der Waals surface area contributed by atoms with Crippen molar-refractivity contribution in [3.63, 3.8) is 0 Å². The highest BCUT2D eigenvalue weighted by Crippen LogP contribution is 2.27. The van der Waals surface area contributed by atoms with E-state index in [9.17, 15) is 4.79 Å². The predicted octanol–water partition coefficient (Wildman–Crippen LogP) is -0.0480. The van der Waals surface area contributed by atoms with Gasteiger partial charge in [-0.3, -0.25) is 4.79 Å². The quantitative estimate of drug-likeness (QED) is 0.771. The Morgan fingerprint density at radius 1 is 1.71 bits per heavy atom. The van der Waals surface area contributed by atoms with Crippen LogP contribution in [-0.2, 0) is 0 Å². The molecule has 0 amide bonds. The summed E-state index contributed by atoms with van der Waals surface area (Å²) in [6, 6.07) is 0.160. The fraction of sp³-hybridized carbons (Fsp3) is 0.636. The third kappa shape index (κ3) is 2.26. The number of aromatic nitrogens is 2. The van der Waals surface area contributed by atoms with Gasteiger partial charge in [0.25, 0.3) is 5.56 Å². The summed E-state index contributed by atoms with van der Waals surface area (Å²) in [4.78, 5) is 20.3. The number of ether oxygens (including phenoxy) is 1. The molecule has 1 aromatic heterocycles. The summed E-state index contributed by atoms with van der Waals surface area (Å²) in [6.45, 7) is 3.69. The molecule has 94 valence electrons. The molecule has 2 unspecified atom stereocenters. The molecule has 0 aromatic carbocycles. The zero-order valence-corrected chi connectivity index (χ0v) is 10.1. The fourth-order valence-electron chi connectivity index (χ4n) is 2.20. The van der Waals surface area contributed by atoms with Crippen LogP contribution < -0.4 is 20.9 Å². The SMILES string of the molecule is COc1c(N2CCC(C(C)N)C2)nc[nH]c1=O. The van der Waals surface area contributed by atoms with Crippen LogP contribution in [0.25, 0.3) is 0 Å². The third-order valence-electron chi connectivity index (χ3n) is 3.26. The number of nitrogens with two attached hydrogens (primary N) is 1. The molecular formula is C11H18N4O2. The molecule has 0 saturated carbocycles. The summed E-state index contributed by atoms with van der Waals surface area (Å²) in [7, 11) is 1.48. The lowest BCUT2D eigenvalue weighted by Gasteiger charge is -2.20. The molecule has 2 atom stereocenters. The average molecular weight is 238 g/mol. The van der Waals surface area contributed by atoms with Gasteiger partial charge in [-0.25, -0.2) is 4.98 Å².